The van der Waals surface area contributed by atoms with E-state index in [2.05, 4.69) is 4.72 Å². The Hall–Kier alpha value is -1.40. The summed E-state index contributed by atoms with van der Waals surface area (Å²) in [5, 5.41) is 9.19. The molecule has 5 nitrogen and oxygen atoms in total. The van der Waals surface area contributed by atoms with E-state index in [9.17, 15) is 18.3 Å². The van der Waals surface area contributed by atoms with Gasteiger partial charge in [0.1, 0.15) is 6.04 Å². The van der Waals surface area contributed by atoms with E-state index in [0.29, 0.717) is 17.9 Å². The minimum absolute atomic E-state index is 0.137. The van der Waals surface area contributed by atoms with Crippen LogP contribution in [0.5, 0.6) is 0 Å². The summed E-state index contributed by atoms with van der Waals surface area (Å²) in [7, 11) is -3.84. The van der Waals surface area contributed by atoms with Crippen LogP contribution in [0, 0.1) is 19.8 Å². The number of aliphatic carboxylic acids is 1. The van der Waals surface area contributed by atoms with Crippen molar-refractivity contribution < 1.29 is 18.3 Å². The van der Waals surface area contributed by atoms with E-state index in [0.717, 1.165) is 5.56 Å². The average Bonchev–Trinajstić information content (AvgIpc) is 2.36. The monoisotopic (exact) mass is 313 g/mol. The number of carboxylic acids is 1. The molecule has 0 saturated heterocycles. The molecule has 0 spiro atoms. The lowest BCUT2D eigenvalue weighted by atomic mass is 10.0. The van der Waals surface area contributed by atoms with Crippen molar-refractivity contribution in [1.29, 1.82) is 0 Å². The first-order valence-corrected chi connectivity index (χ1v) is 8.44. The van der Waals surface area contributed by atoms with Gasteiger partial charge in [0.15, 0.2) is 0 Å². The highest BCUT2D eigenvalue weighted by atomic mass is 32.2. The molecule has 0 aliphatic heterocycles. The Morgan fingerprint density at radius 1 is 1.24 bits per heavy atom. The lowest BCUT2D eigenvalue weighted by molar-refractivity contribution is -0.139. The van der Waals surface area contributed by atoms with Crippen molar-refractivity contribution in [3.63, 3.8) is 0 Å². The van der Waals surface area contributed by atoms with Gasteiger partial charge in [-0.15, -0.1) is 0 Å². The highest BCUT2D eigenvalue weighted by molar-refractivity contribution is 7.89. The zero-order valence-corrected chi connectivity index (χ0v) is 13.7. The number of hydrogen-bond acceptors (Lipinski definition) is 3. The van der Waals surface area contributed by atoms with Gasteiger partial charge in [-0.25, -0.2) is 8.42 Å². The predicted octanol–water partition coefficient (Wildman–Crippen LogP) is 2.47. The zero-order valence-electron chi connectivity index (χ0n) is 12.9. The van der Waals surface area contributed by atoms with E-state index < -0.39 is 22.0 Å². The van der Waals surface area contributed by atoms with Gasteiger partial charge in [-0.3, -0.25) is 4.79 Å². The van der Waals surface area contributed by atoms with Gasteiger partial charge in [0.05, 0.1) is 4.90 Å². The number of sulfonamides is 1. The van der Waals surface area contributed by atoms with Gasteiger partial charge in [0, 0.05) is 0 Å². The summed E-state index contributed by atoms with van der Waals surface area (Å²) in [5.74, 6) is -0.832. The van der Waals surface area contributed by atoms with E-state index in [1.165, 1.54) is 0 Å². The van der Waals surface area contributed by atoms with E-state index in [4.69, 9.17) is 0 Å². The molecule has 0 bridgehead atoms. The van der Waals surface area contributed by atoms with Crippen molar-refractivity contribution in [2.45, 2.75) is 51.5 Å². The molecule has 0 aliphatic rings. The molecule has 0 heterocycles. The summed E-state index contributed by atoms with van der Waals surface area (Å²) in [5.41, 5.74) is 1.41. The molecule has 1 unspecified atom stereocenters. The number of nitrogens with one attached hydrogen (secondary N) is 1. The fraction of sp³-hybridized carbons (Fsp3) is 0.533. The molecule has 0 radical (unpaired) electrons. The Kier molecular flexibility index (Phi) is 5.92. The molecule has 1 rings (SSSR count). The average molecular weight is 313 g/mol. The van der Waals surface area contributed by atoms with Crippen LogP contribution >= 0.6 is 0 Å². The van der Waals surface area contributed by atoms with Gasteiger partial charge in [-0.1, -0.05) is 26.0 Å². The first-order chi connectivity index (χ1) is 9.63. The molecule has 0 aliphatic carbocycles. The van der Waals surface area contributed by atoms with E-state index in [1.807, 2.05) is 19.9 Å². The molecule has 0 fully saturated rings. The van der Waals surface area contributed by atoms with Gasteiger partial charge >= 0.3 is 5.97 Å². The van der Waals surface area contributed by atoms with Crippen molar-refractivity contribution in [2.75, 3.05) is 0 Å². The normalized spacial score (nSPS) is 13.4. The van der Waals surface area contributed by atoms with Crippen molar-refractivity contribution >= 4 is 16.0 Å². The fourth-order valence-electron chi connectivity index (χ4n) is 1.98. The summed E-state index contributed by atoms with van der Waals surface area (Å²) < 4.78 is 27.1. The van der Waals surface area contributed by atoms with Crippen LogP contribution < -0.4 is 4.72 Å². The van der Waals surface area contributed by atoms with Crippen LogP contribution in [0.3, 0.4) is 0 Å². The third-order valence-electron chi connectivity index (χ3n) is 3.26. The van der Waals surface area contributed by atoms with Gasteiger partial charge in [0.25, 0.3) is 0 Å². The molecular weight excluding hydrogens is 290 g/mol. The molecule has 118 valence electrons. The van der Waals surface area contributed by atoms with Crippen LogP contribution in [0.25, 0.3) is 0 Å². The van der Waals surface area contributed by atoms with Gasteiger partial charge in [-0.05, 0) is 49.8 Å². The van der Waals surface area contributed by atoms with Crippen LogP contribution in [0.15, 0.2) is 23.1 Å². The maximum atomic E-state index is 12.4. The Balaban J connectivity index is 3.00. The first kappa shape index (κ1) is 17.7. The first-order valence-electron chi connectivity index (χ1n) is 6.96. The van der Waals surface area contributed by atoms with Crippen molar-refractivity contribution in [2.24, 2.45) is 5.92 Å². The van der Waals surface area contributed by atoms with Crippen molar-refractivity contribution in [3.05, 3.63) is 29.3 Å². The van der Waals surface area contributed by atoms with Crippen LogP contribution in [-0.2, 0) is 14.8 Å². The second kappa shape index (κ2) is 7.04. The number of carboxylic acid groups (broad SMARTS) is 1. The molecule has 6 heteroatoms. The number of benzene rings is 1. The second-order valence-corrected chi connectivity index (χ2v) is 7.43. The Labute approximate surface area is 126 Å². The second-order valence-electron chi connectivity index (χ2n) is 5.75. The molecule has 1 atom stereocenters. The minimum atomic E-state index is -3.84. The van der Waals surface area contributed by atoms with Crippen molar-refractivity contribution in [3.8, 4) is 0 Å². The van der Waals surface area contributed by atoms with Gasteiger partial charge in [0.2, 0.25) is 10.0 Å². The van der Waals surface area contributed by atoms with E-state index in [-0.39, 0.29) is 11.3 Å². The van der Waals surface area contributed by atoms with Crippen molar-refractivity contribution in [1.82, 2.24) is 4.72 Å². The van der Waals surface area contributed by atoms with Crippen LogP contribution in [0.2, 0.25) is 0 Å². The number of aryl methyl sites for hydroxylation is 2. The standard InChI is InChI=1S/C15H23NO4S/c1-10(2)5-8-13(15(17)18)16-21(19,20)14-9-11(3)6-7-12(14)4/h6-7,9-10,13,16H,5,8H2,1-4H3,(H,17,18). The Morgan fingerprint density at radius 2 is 1.86 bits per heavy atom. The van der Waals surface area contributed by atoms with Gasteiger partial charge < -0.3 is 5.11 Å². The minimum Gasteiger partial charge on any atom is -0.480 e. The molecule has 2 N–H and O–H groups in total. The third kappa shape index (κ3) is 5.13. The Bertz CT molecular complexity index is 608. The smallest absolute Gasteiger partial charge is 0.321 e. The van der Waals surface area contributed by atoms with Crippen LogP contribution in [0.4, 0.5) is 0 Å². The number of carbonyl (C=O) groups is 1. The highest BCUT2D eigenvalue weighted by Crippen LogP contribution is 2.18. The number of hydrogen-bond donors (Lipinski definition) is 2. The zero-order chi connectivity index (χ0) is 16.2. The highest BCUT2D eigenvalue weighted by Gasteiger charge is 2.26. The summed E-state index contributed by atoms with van der Waals surface area (Å²) in [4.78, 5) is 11.4. The Morgan fingerprint density at radius 3 is 2.38 bits per heavy atom. The van der Waals surface area contributed by atoms with Crippen LogP contribution in [-0.4, -0.2) is 25.5 Å². The molecule has 0 aromatic heterocycles. The summed E-state index contributed by atoms with van der Waals surface area (Å²) in [6, 6.07) is 3.99. The molecule has 21 heavy (non-hydrogen) atoms. The van der Waals surface area contributed by atoms with Crippen LogP contribution in [0.1, 0.15) is 37.8 Å². The SMILES string of the molecule is Cc1ccc(C)c(S(=O)(=O)NC(CCC(C)C)C(=O)O)c1. The summed E-state index contributed by atoms with van der Waals surface area (Å²) >= 11 is 0. The number of rotatable bonds is 7. The topological polar surface area (TPSA) is 83.5 Å². The molecule has 1 aromatic rings. The molecular formula is C15H23NO4S. The lowest BCUT2D eigenvalue weighted by Crippen LogP contribution is -2.41. The fourth-order valence-corrected chi connectivity index (χ4v) is 3.53. The maximum Gasteiger partial charge on any atom is 0.321 e. The maximum absolute atomic E-state index is 12.4. The third-order valence-corrected chi connectivity index (χ3v) is 4.88. The molecule has 1 aromatic carbocycles. The quantitative estimate of drug-likeness (QED) is 0.810. The largest absolute Gasteiger partial charge is 0.480 e. The summed E-state index contributed by atoms with van der Waals surface area (Å²) in [6.45, 7) is 7.43. The molecule has 0 saturated carbocycles. The molecule has 0 amide bonds. The van der Waals surface area contributed by atoms with Gasteiger partial charge in [-0.2, -0.15) is 4.72 Å². The summed E-state index contributed by atoms with van der Waals surface area (Å²) in [6.07, 6.45) is 0.920. The predicted molar refractivity (Wildman–Crippen MR) is 81.7 cm³/mol. The van der Waals surface area contributed by atoms with E-state index >= 15 is 0 Å². The lowest BCUT2D eigenvalue weighted by Gasteiger charge is -2.17. The van der Waals surface area contributed by atoms with E-state index in [1.54, 1.807) is 26.0 Å².